The van der Waals surface area contributed by atoms with Gasteiger partial charge < -0.3 is 5.73 Å². The van der Waals surface area contributed by atoms with Crippen LogP contribution in [0.25, 0.3) is 0 Å². The van der Waals surface area contributed by atoms with Gasteiger partial charge in [0.25, 0.3) is 10.2 Å². The van der Waals surface area contributed by atoms with Crippen LogP contribution >= 0.6 is 0 Å². The van der Waals surface area contributed by atoms with Crippen molar-refractivity contribution in [2.75, 3.05) is 13.1 Å². The molecule has 0 amide bonds. The SMILES string of the molecule is CCCC(NS(=O)(=O)N1CCCCCC1)C(=N)N. The summed E-state index contributed by atoms with van der Waals surface area (Å²) in [6, 6.07) is -0.580. The Labute approximate surface area is 110 Å². The number of nitrogens with two attached hydrogens (primary N) is 1. The van der Waals surface area contributed by atoms with Gasteiger partial charge in [-0.15, -0.1) is 0 Å². The highest BCUT2D eigenvalue weighted by atomic mass is 32.2. The summed E-state index contributed by atoms with van der Waals surface area (Å²) in [7, 11) is -3.51. The third-order valence-corrected chi connectivity index (χ3v) is 4.78. The lowest BCUT2D eigenvalue weighted by Gasteiger charge is -2.24. The maximum atomic E-state index is 12.2. The lowest BCUT2D eigenvalue weighted by Crippen LogP contribution is -2.50. The van der Waals surface area contributed by atoms with Crippen LogP contribution in [0.1, 0.15) is 45.4 Å². The topological polar surface area (TPSA) is 99.3 Å². The van der Waals surface area contributed by atoms with Gasteiger partial charge >= 0.3 is 0 Å². The summed E-state index contributed by atoms with van der Waals surface area (Å²) < 4.78 is 28.4. The van der Waals surface area contributed by atoms with Gasteiger partial charge in [-0.05, 0) is 19.3 Å². The molecular weight excluding hydrogens is 252 g/mol. The molecule has 1 fully saturated rings. The molecule has 0 spiro atoms. The zero-order chi connectivity index (χ0) is 13.6. The smallest absolute Gasteiger partial charge is 0.280 e. The minimum atomic E-state index is -3.51. The van der Waals surface area contributed by atoms with E-state index in [-0.39, 0.29) is 5.84 Å². The Morgan fingerprint density at radius 1 is 1.33 bits per heavy atom. The molecule has 6 nitrogen and oxygen atoms in total. The predicted octanol–water partition coefficient (Wildman–Crippen LogP) is 0.801. The normalized spacial score (nSPS) is 20.3. The fourth-order valence-electron chi connectivity index (χ4n) is 2.10. The van der Waals surface area contributed by atoms with Gasteiger partial charge in [0, 0.05) is 13.1 Å². The molecule has 18 heavy (non-hydrogen) atoms. The van der Waals surface area contributed by atoms with Crippen molar-refractivity contribution in [2.24, 2.45) is 5.73 Å². The first-order valence-electron chi connectivity index (χ1n) is 6.58. The van der Waals surface area contributed by atoms with Crippen LogP contribution < -0.4 is 10.5 Å². The molecule has 106 valence electrons. The first-order valence-corrected chi connectivity index (χ1v) is 8.02. The van der Waals surface area contributed by atoms with Crippen LogP contribution in [0.15, 0.2) is 0 Å². The molecule has 0 aromatic rings. The zero-order valence-electron chi connectivity index (χ0n) is 11.0. The van der Waals surface area contributed by atoms with Gasteiger partial charge in [-0.25, -0.2) is 0 Å². The van der Waals surface area contributed by atoms with E-state index < -0.39 is 16.3 Å². The fourth-order valence-corrected chi connectivity index (χ4v) is 3.60. The predicted molar refractivity (Wildman–Crippen MR) is 72.7 cm³/mol. The van der Waals surface area contributed by atoms with Crippen LogP contribution in [0, 0.1) is 5.41 Å². The average Bonchev–Trinajstić information content (AvgIpc) is 2.57. The quantitative estimate of drug-likeness (QED) is 0.494. The molecule has 4 N–H and O–H groups in total. The van der Waals surface area contributed by atoms with Gasteiger partial charge in [0.2, 0.25) is 0 Å². The fraction of sp³-hybridized carbons (Fsp3) is 0.909. The molecule has 1 heterocycles. The highest BCUT2D eigenvalue weighted by molar-refractivity contribution is 7.87. The van der Waals surface area contributed by atoms with Crippen LogP contribution in [0.5, 0.6) is 0 Å². The minimum absolute atomic E-state index is 0.116. The van der Waals surface area contributed by atoms with Gasteiger partial charge in [0.05, 0.1) is 6.04 Å². The van der Waals surface area contributed by atoms with Crippen LogP contribution in [-0.2, 0) is 10.2 Å². The molecule has 0 aliphatic carbocycles. The molecule has 1 aliphatic heterocycles. The van der Waals surface area contributed by atoms with Crippen LogP contribution in [0.2, 0.25) is 0 Å². The molecule has 0 radical (unpaired) electrons. The second kappa shape index (κ2) is 7.06. The van der Waals surface area contributed by atoms with E-state index in [9.17, 15) is 8.42 Å². The van der Waals surface area contributed by atoms with Crippen molar-refractivity contribution < 1.29 is 8.42 Å². The van der Waals surface area contributed by atoms with Crippen molar-refractivity contribution in [2.45, 2.75) is 51.5 Å². The van der Waals surface area contributed by atoms with Gasteiger partial charge in [-0.3, -0.25) is 5.41 Å². The molecule has 0 aromatic heterocycles. The van der Waals surface area contributed by atoms with Crippen molar-refractivity contribution in [1.82, 2.24) is 9.03 Å². The summed E-state index contributed by atoms with van der Waals surface area (Å²) in [6.45, 7) is 3.06. The number of hydrogen-bond acceptors (Lipinski definition) is 3. The van der Waals surface area contributed by atoms with Gasteiger partial charge in [0.1, 0.15) is 5.84 Å². The number of nitrogens with one attached hydrogen (secondary N) is 2. The lowest BCUT2D eigenvalue weighted by molar-refractivity contribution is 0.411. The van der Waals surface area contributed by atoms with Crippen LogP contribution in [0.3, 0.4) is 0 Å². The van der Waals surface area contributed by atoms with Crippen molar-refractivity contribution in [3.63, 3.8) is 0 Å². The van der Waals surface area contributed by atoms with E-state index in [2.05, 4.69) is 4.72 Å². The van der Waals surface area contributed by atoms with Crippen molar-refractivity contribution >= 4 is 16.0 Å². The van der Waals surface area contributed by atoms with Gasteiger partial charge in [-0.1, -0.05) is 26.2 Å². The second-order valence-electron chi connectivity index (χ2n) is 4.73. The van der Waals surface area contributed by atoms with Crippen molar-refractivity contribution in [3.05, 3.63) is 0 Å². The van der Waals surface area contributed by atoms with Crippen LogP contribution in [-0.4, -0.2) is 37.7 Å². The summed E-state index contributed by atoms with van der Waals surface area (Å²) in [5.41, 5.74) is 5.43. The van der Waals surface area contributed by atoms with E-state index in [0.29, 0.717) is 19.5 Å². The number of hydrogen-bond donors (Lipinski definition) is 3. The Kier molecular flexibility index (Phi) is 6.04. The molecule has 1 rings (SSSR count). The Balaban J connectivity index is 2.69. The molecule has 7 heteroatoms. The van der Waals surface area contributed by atoms with Crippen molar-refractivity contribution in [3.8, 4) is 0 Å². The summed E-state index contributed by atoms with van der Waals surface area (Å²) in [5.74, 6) is -0.116. The molecular formula is C11H24N4O2S. The maximum Gasteiger partial charge on any atom is 0.280 e. The highest BCUT2D eigenvalue weighted by Gasteiger charge is 2.26. The van der Waals surface area contributed by atoms with E-state index in [1.165, 1.54) is 4.31 Å². The molecule has 1 saturated heterocycles. The van der Waals surface area contributed by atoms with E-state index in [4.69, 9.17) is 11.1 Å². The van der Waals surface area contributed by atoms with E-state index >= 15 is 0 Å². The maximum absolute atomic E-state index is 12.2. The van der Waals surface area contributed by atoms with Crippen molar-refractivity contribution in [1.29, 1.82) is 5.41 Å². The monoisotopic (exact) mass is 276 g/mol. The standard InChI is InChI=1S/C11H24N4O2S/c1-2-7-10(11(12)13)14-18(16,17)15-8-5-3-4-6-9-15/h10,14H,2-9H2,1H3,(H3,12,13). The first-order chi connectivity index (χ1) is 8.47. The molecule has 1 atom stereocenters. The Morgan fingerprint density at radius 2 is 1.89 bits per heavy atom. The average molecular weight is 276 g/mol. The van der Waals surface area contributed by atoms with E-state index in [0.717, 1.165) is 32.1 Å². The molecule has 0 saturated carbocycles. The van der Waals surface area contributed by atoms with E-state index in [1.807, 2.05) is 6.92 Å². The first kappa shape index (κ1) is 15.4. The number of nitrogens with zero attached hydrogens (tertiary/aromatic N) is 1. The summed E-state index contributed by atoms with van der Waals surface area (Å²) in [5, 5.41) is 7.42. The third kappa shape index (κ3) is 4.55. The molecule has 0 aromatic carbocycles. The van der Waals surface area contributed by atoms with E-state index in [1.54, 1.807) is 0 Å². The Hall–Kier alpha value is -0.660. The summed E-state index contributed by atoms with van der Waals surface area (Å²) in [6.07, 6.45) is 5.31. The number of amidine groups is 1. The lowest BCUT2D eigenvalue weighted by atomic mass is 10.2. The highest BCUT2D eigenvalue weighted by Crippen LogP contribution is 2.13. The number of rotatable bonds is 6. The molecule has 1 unspecified atom stereocenters. The van der Waals surface area contributed by atoms with Gasteiger partial charge in [0.15, 0.2) is 0 Å². The summed E-state index contributed by atoms with van der Waals surface area (Å²) in [4.78, 5) is 0. The van der Waals surface area contributed by atoms with Gasteiger partial charge in [-0.2, -0.15) is 17.4 Å². The zero-order valence-corrected chi connectivity index (χ0v) is 11.8. The molecule has 0 bridgehead atoms. The Morgan fingerprint density at radius 3 is 2.33 bits per heavy atom. The minimum Gasteiger partial charge on any atom is -0.386 e. The summed E-state index contributed by atoms with van der Waals surface area (Å²) >= 11 is 0. The van der Waals surface area contributed by atoms with Crippen LogP contribution in [0.4, 0.5) is 0 Å². The molecule has 1 aliphatic rings. The second-order valence-corrected chi connectivity index (χ2v) is 6.43. The Bertz CT molecular complexity index is 361. The third-order valence-electron chi connectivity index (χ3n) is 3.15. The largest absolute Gasteiger partial charge is 0.386 e.